The Morgan fingerprint density at radius 1 is 0.966 bits per heavy atom. The molecule has 0 bridgehead atoms. The van der Waals surface area contributed by atoms with Crippen LogP contribution in [-0.2, 0) is 4.74 Å². The normalized spacial score (nSPS) is 26.2. The predicted molar refractivity (Wildman–Crippen MR) is 117 cm³/mol. The molecule has 1 N–H and O–H groups in total. The first-order chi connectivity index (χ1) is 13.9. The summed E-state index contributed by atoms with van der Waals surface area (Å²) in [5.41, 5.74) is 2.24. The summed E-state index contributed by atoms with van der Waals surface area (Å²) in [4.78, 5) is 16.8. The van der Waals surface area contributed by atoms with Gasteiger partial charge in [0.15, 0.2) is 0 Å². The Bertz CT molecular complexity index is 689. The van der Waals surface area contributed by atoms with Crippen LogP contribution in [0, 0.1) is 0 Å². The van der Waals surface area contributed by atoms with Gasteiger partial charge in [-0.15, -0.1) is 0 Å². The van der Waals surface area contributed by atoms with Gasteiger partial charge in [-0.25, -0.2) is 4.79 Å². The first kappa shape index (κ1) is 20.5. The van der Waals surface area contributed by atoms with Crippen molar-refractivity contribution in [2.75, 3.05) is 25.0 Å². The topological polar surface area (TPSA) is 44.8 Å². The first-order valence-electron chi connectivity index (χ1n) is 11.5. The number of nitrogens with one attached hydrogen (secondary N) is 1. The Morgan fingerprint density at radius 2 is 1.69 bits per heavy atom. The fraction of sp³-hybridized carbons (Fsp3) is 0.708. The maximum absolute atomic E-state index is 12.2. The Labute approximate surface area is 175 Å². The standard InChI is InChI=1S/C24H37N3O2/c1-24(2,3)29-23(28)26-16-13-20(14-17-26)25-19-9-7-18(8-10-19)22-12-11-21-6-4-5-15-27(21)22/h7-10,20-22,25H,4-6,11-17H2,1-3H3. The smallest absolute Gasteiger partial charge is 0.410 e. The number of carbonyl (C=O) groups excluding carboxylic acids is 1. The van der Waals surface area contributed by atoms with Crippen molar-refractivity contribution in [1.82, 2.24) is 9.80 Å². The molecule has 0 spiro atoms. The van der Waals surface area contributed by atoms with Crippen LogP contribution in [0.3, 0.4) is 0 Å². The van der Waals surface area contributed by atoms with Crippen LogP contribution in [0.2, 0.25) is 0 Å². The molecule has 2 atom stereocenters. The van der Waals surface area contributed by atoms with Crippen molar-refractivity contribution in [3.63, 3.8) is 0 Å². The molecule has 160 valence electrons. The zero-order chi connectivity index (χ0) is 20.4. The minimum Gasteiger partial charge on any atom is -0.444 e. The van der Waals surface area contributed by atoms with Gasteiger partial charge in [0.25, 0.3) is 0 Å². The third kappa shape index (κ3) is 5.06. The van der Waals surface area contributed by atoms with E-state index in [1.165, 1.54) is 49.9 Å². The number of hydrogen-bond acceptors (Lipinski definition) is 4. The van der Waals surface area contributed by atoms with Crippen LogP contribution in [0.4, 0.5) is 10.5 Å². The molecule has 29 heavy (non-hydrogen) atoms. The van der Waals surface area contributed by atoms with E-state index in [-0.39, 0.29) is 6.09 Å². The number of anilines is 1. The van der Waals surface area contributed by atoms with Gasteiger partial charge in [-0.05, 0) is 83.5 Å². The van der Waals surface area contributed by atoms with Crippen molar-refractivity contribution in [3.8, 4) is 0 Å². The summed E-state index contributed by atoms with van der Waals surface area (Å²) in [5, 5.41) is 3.67. The number of ether oxygens (including phenoxy) is 1. The summed E-state index contributed by atoms with van der Waals surface area (Å²) in [6.45, 7) is 8.53. The van der Waals surface area contributed by atoms with Crippen molar-refractivity contribution in [1.29, 1.82) is 0 Å². The summed E-state index contributed by atoms with van der Waals surface area (Å²) < 4.78 is 5.49. The predicted octanol–water partition coefficient (Wildman–Crippen LogP) is 5.19. The van der Waals surface area contributed by atoms with E-state index in [1.54, 1.807) is 0 Å². The maximum atomic E-state index is 12.2. The summed E-state index contributed by atoms with van der Waals surface area (Å²) >= 11 is 0. The van der Waals surface area contributed by atoms with Crippen LogP contribution in [-0.4, -0.2) is 53.2 Å². The van der Waals surface area contributed by atoms with Crippen molar-refractivity contribution in [2.45, 2.75) is 89.4 Å². The maximum Gasteiger partial charge on any atom is 0.410 e. The number of rotatable bonds is 3. The number of fused-ring (bicyclic) bond motifs is 1. The van der Waals surface area contributed by atoms with Crippen LogP contribution in [0.5, 0.6) is 0 Å². The molecule has 3 saturated heterocycles. The number of hydrogen-bond donors (Lipinski definition) is 1. The van der Waals surface area contributed by atoms with Crippen molar-refractivity contribution in [2.24, 2.45) is 0 Å². The van der Waals surface area contributed by atoms with Crippen LogP contribution in [0.25, 0.3) is 0 Å². The van der Waals surface area contributed by atoms with E-state index in [1.807, 2.05) is 25.7 Å². The summed E-state index contributed by atoms with van der Waals surface area (Å²) in [6.07, 6.45) is 8.54. The number of piperidine rings is 2. The van der Waals surface area contributed by atoms with Gasteiger partial charge < -0.3 is 15.0 Å². The minimum atomic E-state index is -0.429. The summed E-state index contributed by atoms with van der Waals surface area (Å²) in [5.74, 6) is 0. The molecule has 2 unspecified atom stereocenters. The molecule has 3 aliphatic heterocycles. The molecule has 1 amide bonds. The molecule has 0 aliphatic carbocycles. The molecular weight excluding hydrogens is 362 g/mol. The highest BCUT2D eigenvalue weighted by Gasteiger charge is 2.35. The van der Waals surface area contributed by atoms with E-state index in [2.05, 4.69) is 34.5 Å². The summed E-state index contributed by atoms with van der Waals surface area (Å²) in [6, 6.07) is 11.0. The molecule has 0 aromatic heterocycles. The molecule has 3 fully saturated rings. The van der Waals surface area contributed by atoms with Crippen molar-refractivity contribution in [3.05, 3.63) is 29.8 Å². The van der Waals surface area contributed by atoms with Gasteiger partial charge in [-0.1, -0.05) is 18.6 Å². The third-order valence-corrected chi connectivity index (χ3v) is 6.66. The lowest BCUT2D eigenvalue weighted by Crippen LogP contribution is -2.44. The highest BCUT2D eigenvalue weighted by molar-refractivity contribution is 5.68. The van der Waals surface area contributed by atoms with E-state index in [0.29, 0.717) is 12.1 Å². The van der Waals surface area contributed by atoms with Gasteiger partial charge in [0, 0.05) is 36.9 Å². The second-order valence-electron chi connectivity index (χ2n) is 9.99. The fourth-order valence-corrected chi connectivity index (χ4v) is 5.19. The molecule has 0 saturated carbocycles. The molecular formula is C24H37N3O2. The summed E-state index contributed by atoms with van der Waals surface area (Å²) in [7, 11) is 0. The number of carbonyl (C=O) groups is 1. The number of amides is 1. The van der Waals surface area contributed by atoms with E-state index in [9.17, 15) is 4.79 Å². The molecule has 1 aromatic carbocycles. The molecule has 5 heteroatoms. The molecule has 0 radical (unpaired) electrons. The highest BCUT2D eigenvalue weighted by atomic mass is 16.6. The van der Waals surface area contributed by atoms with Gasteiger partial charge in [0.05, 0.1) is 0 Å². The molecule has 3 aliphatic rings. The number of likely N-dealkylation sites (tertiary alicyclic amines) is 1. The van der Waals surface area contributed by atoms with Gasteiger partial charge in [-0.3, -0.25) is 4.90 Å². The average molecular weight is 400 g/mol. The quantitative estimate of drug-likeness (QED) is 0.760. The lowest BCUT2D eigenvalue weighted by atomic mass is 10.0. The van der Waals surface area contributed by atoms with Crippen LogP contribution >= 0.6 is 0 Å². The minimum absolute atomic E-state index is 0.187. The third-order valence-electron chi connectivity index (χ3n) is 6.66. The molecule has 4 rings (SSSR count). The zero-order valence-electron chi connectivity index (χ0n) is 18.3. The monoisotopic (exact) mass is 399 g/mol. The lowest BCUT2D eigenvalue weighted by molar-refractivity contribution is 0.0210. The van der Waals surface area contributed by atoms with Crippen LogP contribution in [0.15, 0.2) is 24.3 Å². The Morgan fingerprint density at radius 3 is 2.38 bits per heavy atom. The average Bonchev–Trinajstić information content (AvgIpc) is 3.12. The molecule has 1 aromatic rings. The van der Waals surface area contributed by atoms with Crippen molar-refractivity contribution < 1.29 is 9.53 Å². The second-order valence-corrected chi connectivity index (χ2v) is 9.99. The van der Waals surface area contributed by atoms with Crippen molar-refractivity contribution >= 4 is 11.8 Å². The largest absolute Gasteiger partial charge is 0.444 e. The van der Waals surface area contributed by atoms with E-state index in [4.69, 9.17) is 4.74 Å². The van der Waals surface area contributed by atoms with E-state index < -0.39 is 5.60 Å². The van der Waals surface area contributed by atoms with Gasteiger partial charge in [0.1, 0.15) is 5.60 Å². The van der Waals surface area contributed by atoms with Gasteiger partial charge in [-0.2, -0.15) is 0 Å². The van der Waals surface area contributed by atoms with E-state index in [0.717, 1.165) is 32.0 Å². The van der Waals surface area contributed by atoms with Gasteiger partial charge >= 0.3 is 6.09 Å². The molecule has 5 nitrogen and oxygen atoms in total. The number of nitrogens with zero attached hydrogens (tertiary/aromatic N) is 2. The number of benzene rings is 1. The Balaban J connectivity index is 1.27. The zero-order valence-corrected chi connectivity index (χ0v) is 18.3. The SMILES string of the molecule is CC(C)(C)OC(=O)N1CCC(Nc2ccc(C3CCC4CCCCN43)cc2)CC1. The Kier molecular flexibility index (Phi) is 6.05. The molecule has 3 heterocycles. The fourth-order valence-electron chi connectivity index (χ4n) is 5.19. The van der Waals surface area contributed by atoms with Gasteiger partial charge in [0.2, 0.25) is 0 Å². The second kappa shape index (κ2) is 8.55. The Hall–Kier alpha value is -1.75. The highest BCUT2D eigenvalue weighted by Crippen LogP contribution is 2.40. The van der Waals surface area contributed by atoms with Crippen LogP contribution in [0.1, 0.15) is 77.3 Å². The van der Waals surface area contributed by atoms with Crippen LogP contribution < -0.4 is 5.32 Å². The van der Waals surface area contributed by atoms with E-state index >= 15 is 0 Å². The lowest BCUT2D eigenvalue weighted by Gasteiger charge is -2.35. The first-order valence-corrected chi connectivity index (χ1v) is 11.5.